The van der Waals surface area contributed by atoms with Crippen molar-refractivity contribution in [3.8, 4) is 0 Å². The summed E-state index contributed by atoms with van der Waals surface area (Å²) in [5.41, 5.74) is 3.17. The Hall–Kier alpha value is -1.91. The summed E-state index contributed by atoms with van der Waals surface area (Å²) in [5, 5.41) is 2.00. The van der Waals surface area contributed by atoms with Gasteiger partial charge < -0.3 is 9.64 Å². The average molecular weight is 469 g/mol. The van der Waals surface area contributed by atoms with Crippen molar-refractivity contribution in [1.29, 1.82) is 0 Å². The molecule has 1 fully saturated rings. The Labute approximate surface area is 184 Å². The van der Waals surface area contributed by atoms with Gasteiger partial charge in [-0.25, -0.2) is 18.2 Å². The zero-order valence-corrected chi connectivity index (χ0v) is 19.3. The fourth-order valence-electron chi connectivity index (χ4n) is 3.28. The van der Waals surface area contributed by atoms with Gasteiger partial charge in [-0.2, -0.15) is 0 Å². The third kappa shape index (κ3) is 5.83. The van der Waals surface area contributed by atoms with Crippen LogP contribution >= 0.6 is 23.1 Å². The Bertz CT molecular complexity index is 974. The smallest absolute Gasteiger partial charge is 0.338 e. The summed E-state index contributed by atoms with van der Waals surface area (Å²) in [6.45, 7) is 3.68. The lowest BCUT2D eigenvalue weighted by molar-refractivity contribution is -0.141. The number of aromatic nitrogens is 1. The molecule has 2 atom stereocenters. The predicted molar refractivity (Wildman–Crippen MR) is 117 cm³/mol. The molecule has 1 saturated heterocycles. The van der Waals surface area contributed by atoms with Crippen LogP contribution in [0.5, 0.6) is 0 Å². The predicted octanol–water partition coefficient (Wildman–Crippen LogP) is 3.02. The van der Waals surface area contributed by atoms with Crippen LogP contribution in [-0.4, -0.2) is 60.4 Å². The molecular weight excluding hydrogens is 444 g/mol. The molecule has 0 saturated carbocycles. The van der Waals surface area contributed by atoms with E-state index in [4.69, 9.17) is 4.74 Å². The number of carbonyl (C=O) groups excluding carboxylic acids is 2. The van der Waals surface area contributed by atoms with Crippen LogP contribution in [0.25, 0.3) is 0 Å². The Morgan fingerprint density at radius 2 is 2.07 bits per heavy atom. The second kappa shape index (κ2) is 9.93. The van der Waals surface area contributed by atoms with Gasteiger partial charge in [0.25, 0.3) is 5.91 Å². The van der Waals surface area contributed by atoms with Gasteiger partial charge in [-0.15, -0.1) is 23.1 Å². The summed E-state index contributed by atoms with van der Waals surface area (Å²) in [6.07, 6.45) is -0.567. The van der Waals surface area contributed by atoms with E-state index in [9.17, 15) is 18.0 Å². The van der Waals surface area contributed by atoms with Crippen LogP contribution in [0.3, 0.4) is 0 Å². The van der Waals surface area contributed by atoms with Crippen LogP contribution in [0, 0.1) is 0 Å². The highest BCUT2D eigenvalue weighted by Crippen LogP contribution is 2.24. The molecular formula is C20H24N2O5S3. The van der Waals surface area contributed by atoms with Crippen LogP contribution in [-0.2, 0) is 25.1 Å². The molecule has 1 amide bonds. The number of thiazole rings is 1. The van der Waals surface area contributed by atoms with E-state index in [0.29, 0.717) is 18.5 Å². The average Bonchev–Trinajstić information content (AvgIpc) is 3.36. The highest BCUT2D eigenvalue weighted by molar-refractivity contribution is 7.98. The van der Waals surface area contributed by atoms with Gasteiger partial charge in [0.15, 0.2) is 15.9 Å². The van der Waals surface area contributed by atoms with E-state index >= 15 is 0 Å². The molecule has 0 bridgehead atoms. The molecule has 0 unspecified atom stereocenters. The molecule has 0 N–H and O–H groups in total. The first kappa shape index (κ1) is 22.8. The molecule has 10 heteroatoms. The minimum Gasteiger partial charge on any atom is -0.449 e. The van der Waals surface area contributed by atoms with Gasteiger partial charge in [0.2, 0.25) is 0 Å². The monoisotopic (exact) mass is 468 g/mol. The fraction of sp³-hybridized carbons (Fsp3) is 0.450. The number of esters is 1. The highest BCUT2D eigenvalue weighted by atomic mass is 32.2. The van der Waals surface area contributed by atoms with Gasteiger partial charge >= 0.3 is 5.97 Å². The number of rotatable bonds is 8. The summed E-state index contributed by atoms with van der Waals surface area (Å²) in [4.78, 5) is 31.9. The SMILES string of the molecule is CCN(C(=O)[C@@H](C)OC(=O)c1ccc(SCc2cscn2)cc1)[C@@H]1CCS(=O)(=O)C1. The van der Waals surface area contributed by atoms with E-state index in [1.807, 2.05) is 17.5 Å². The molecule has 0 spiro atoms. The van der Waals surface area contributed by atoms with Crippen molar-refractivity contribution in [3.05, 3.63) is 46.4 Å². The maximum atomic E-state index is 12.7. The first-order valence-corrected chi connectivity index (χ1v) is 13.4. The molecule has 1 aromatic heterocycles. The zero-order chi connectivity index (χ0) is 21.7. The van der Waals surface area contributed by atoms with Crippen LogP contribution in [0.2, 0.25) is 0 Å². The lowest BCUT2D eigenvalue weighted by atomic mass is 10.2. The van der Waals surface area contributed by atoms with Crippen molar-refractivity contribution in [2.45, 2.75) is 43.1 Å². The summed E-state index contributed by atoms with van der Waals surface area (Å²) >= 11 is 3.17. The van der Waals surface area contributed by atoms with Gasteiger partial charge in [-0.3, -0.25) is 4.79 Å². The second-order valence-electron chi connectivity index (χ2n) is 7.02. The van der Waals surface area contributed by atoms with Crippen LogP contribution < -0.4 is 0 Å². The number of likely N-dealkylation sites (N-methyl/N-ethyl adjacent to an activating group) is 1. The summed E-state index contributed by atoms with van der Waals surface area (Å²) in [6, 6.07) is 6.65. The number of benzene rings is 1. The van der Waals surface area contributed by atoms with Gasteiger partial charge in [0.1, 0.15) is 0 Å². The first-order valence-electron chi connectivity index (χ1n) is 9.61. The number of ether oxygens (including phenoxy) is 1. The minimum absolute atomic E-state index is 0.0344. The number of nitrogens with zero attached hydrogens (tertiary/aromatic N) is 2. The summed E-state index contributed by atoms with van der Waals surface area (Å²) in [5.74, 6) is -0.149. The maximum absolute atomic E-state index is 12.7. The molecule has 7 nitrogen and oxygen atoms in total. The van der Waals surface area contributed by atoms with Gasteiger partial charge in [-0.1, -0.05) is 0 Å². The van der Waals surface area contributed by atoms with Crippen molar-refractivity contribution in [3.63, 3.8) is 0 Å². The van der Waals surface area contributed by atoms with E-state index in [1.165, 1.54) is 11.8 Å². The second-order valence-corrected chi connectivity index (χ2v) is 11.0. The topological polar surface area (TPSA) is 93.6 Å². The van der Waals surface area contributed by atoms with Gasteiger partial charge in [-0.05, 0) is 44.5 Å². The number of amides is 1. The quantitative estimate of drug-likeness (QED) is 0.434. The standard InChI is InChI=1S/C20H24N2O5S3/c1-3-22(17-8-9-30(25,26)12-17)19(23)14(2)27-20(24)15-4-6-18(7-5-15)29-11-16-10-28-13-21-16/h4-7,10,13-14,17H,3,8-9,11-12H2,1-2H3/t14-,17-/m1/s1. The third-order valence-corrected chi connectivity index (χ3v) is 8.30. The van der Waals surface area contributed by atoms with Crippen molar-refractivity contribution in [2.24, 2.45) is 0 Å². The maximum Gasteiger partial charge on any atom is 0.338 e. The van der Waals surface area contributed by atoms with Crippen molar-refractivity contribution >= 4 is 44.8 Å². The number of sulfone groups is 1. The Balaban J connectivity index is 1.55. The lowest BCUT2D eigenvalue weighted by Gasteiger charge is -2.29. The molecule has 30 heavy (non-hydrogen) atoms. The molecule has 2 heterocycles. The summed E-state index contributed by atoms with van der Waals surface area (Å²) in [7, 11) is -3.11. The number of thioether (sulfide) groups is 1. The normalized spacial score (nSPS) is 18.7. The van der Waals surface area contributed by atoms with Gasteiger partial charge in [0, 0.05) is 28.6 Å². The van der Waals surface area contributed by atoms with Crippen LogP contribution in [0.4, 0.5) is 0 Å². The molecule has 1 aliphatic rings. The van der Waals surface area contributed by atoms with E-state index in [-0.39, 0.29) is 23.5 Å². The Morgan fingerprint density at radius 3 is 2.63 bits per heavy atom. The molecule has 1 aromatic carbocycles. The lowest BCUT2D eigenvalue weighted by Crippen LogP contribution is -2.46. The fourth-order valence-corrected chi connectivity index (χ4v) is 6.48. The molecule has 3 rings (SSSR count). The zero-order valence-electron chi connectivity index (χ0n) is 16.8. The minimum atomic E-state index is -3.11. The van der Waals surface area contributed by atoms with Gasteiger partial charge in [0.05, 0.1) is 28.3 Å². The van der Waals surface area contributed by atoms with E-state index in [0.717, 1.165) is 16.3 Å². The molecule has 0 radical (unpaired) electrons. The van der Waals surface area contributed by atoms with Crippen molar-refractivity contribution in [2.75, 3.05) is 18.1 Å². The molecule has 0 aliphatic carbocycles. The highest BCUT2D eigenvalue weighted by Gasteiger charge is 2.36. The molecule has 1 aliphatic heterocycles. The Morgan fingerprint density at radius 1 is 1.33 bits per heavy atom. The van der Waals surface area contributed by atoms with Crippen molar-refractivity contribution in [1.82, 2.24) is 9.88 Å². The van der Waals surface area contributed by atoms with E-state index < -0.39 is 21.9 Å². The van der Waals surface area contributed by atoms with E-state index in [2.05, 4.69) is 4.98 Å². The Kier molecular flexibility index (Phi) is 7.54. The van der Waals surface area contributed by atoms with Crippen molar-refractivity contribution < 1.29 is 22.7 Å². The number of hydrogen-bond donors (Lipinski definition) is 0. The third-order valence-electron chi connectivity index (χ3n) is 4.86. The molecule has 162 valence electrons. The molecule has 2 aromatic rings. The van der Waals surface area contributed by atoms with E-state index in [1.54, 1.807) is 47.7 Å². The first-order chi connectivity index (χ1) is 14.3. The van der Waals surface area contributed by atoms with Crippen LogP contribution in [0.15, 0.2) is 40.1 Å². The van der Waals surface area contributed by atoms with Crippen LogP contribution in [0.1, 0.15) is 36.3 Å². The number of hydrogen-bond acceptors (Lipinski definition) is 8. The number of carbonyl (C=O) groups is 2. The largest absolute Gasteiger partial charge is 0.449 e. The summed E-state index contributed by atoms with van der Waals surface area (Å²) < 4.78 is 28.8.